The van der Waals surface area contributed by atoms with Gasteiger partial charge >= 0.3 is 0 Å². The second-order valence-corrected chi connectivity index (χ2v) is 8.89. The van der Waals surface area contributed by atoms with E-state index in [0.29, 0.717) is 0 Å². The summed E-state index contributed by atoms with van der Waals surface area (Å²) in [6, 6.07) is 9.88. The summed E-state index contributed by atoms with van der Waals surface area (Å²) in [5, 5.41) is 5.61. The highest BCUT2D eigenvalue weighted by Gasteiger charge is 2.16. The van der Waals surface area contributed by atoms with Crippen LogP contribution in [0.5, 0.6) is 0 Å². The van der Waals surface area contributed by atoms with Gasteiger partial charge < -0.3 is 10.6 Å². The predicted molar refractivity (Wildman–Crippen MR) is 114 cm³/mol. The minimum atomic E-state index is -1.57. The quantitative estimate of drug-likeness (QED) is 0.783. The van der Waals surface area contributed by atoms with E-state index in [-0.39, 0.29) is 23.3 Å². The Balaban J connectivity index is 1.52. The Bertz CT molecular complexity index is 930. The number of nitrogens with one attached hydrogen (secondary N) is 2. The van der Waals surface area contributed by atoms with E-state index in [9.17, 15) is 13.8 Å². The molecule has 0 spiro atoms. The van der Waals surface area contributed by atoms with Crippen molar-refractivity contribution in [3.05, 3.63) is 58.1 Å². The Morgan fingerprint density at radius 2 is 1.50 bits per heavy atom. The molecule has 1 unspecified atom stereocenters. The van der Waals surface area contributed by atoms with Gasteiger partial charge in [-0.05, 0) is 74.4 Å². The van der Waals surface area contributed by atoms with Gasteiger partial charge in [-0.15, -0.1) is 0 Å². The molecule has 1 atom stereocenters. The van der Waals surface area contributed by atoms with Crippen LogP contribution < -0.4 is 10.6 Å². The van der Waals surface area contributed by atoms with E-state index < -0.39 is 10.8 Å². The van der Waals surface area contributed by atoms with Gasteiger partial charge in [-0.1, -0.05) is 23.8 Å². The lowest BCUT2D eigenvalue weighted by Gasteiger charge is -2.13. The van der Waals surface area contributed by atoms with Crippen LogP contribution >= 0.6 is 0 Å². The van der Waals surface area contributed by atoms with Crippen LogP contribution in [-0.4, -0.2) is 27.5 Å². The summed E-state index contributed by atoms with van der Waals surface area (Å²) >= 11 is 0. The van der Waals surface area contributed by atoms with Gasteiger partial charge in [-0.2, -0.15) is 0 Å². The van der Waals surface area contributed by atoms with Crippen molar-refractivity contribution in [2.75, 3.05) is 22.1 Å². The molecular formula is C22H26N2O3S. The van der Waals surface area contributed by atoms with Crippen molar-refractivity contribution < 1.29 is 13.8 Å². The van der Waals surface area contributed by atoms with E-state index in [4.69, 9.17) is 0 Å². The lowest BCUT2D eigenvalue weighted by atomic mass is 10.1. The molecule has 0 radical (unpaired) electrons. The molecule has 28 heavy (non-hydrogen) atoms. The zero-order chi connectivity index (χ0) is 20.3. The fourth-order valence-corrected chi connectivity index (χ4v) is 4.57. The first kappa shape index (κ1) is 20.3. The highest BCUT2D eigenvalue weighted by Crippen LogP contribution is 2.25. The largest absolute Gasteiger partial charge is 0.325 e. The first-order chi connectivity index (χ1) is 13.3. The lowest BCUT2D eigenvalue weighted by molar-refractivity contribution is -0.114. The van der Waals surface area contributed by atoms with E-state index in [2.05, 4.69) is 10.6 Å². The topological polar surface area (TPSA) is 75.3 Å². The number of carbonyl (C=O) groups is 2. The molecule has 0 fully saturated rings. The van der Waals surface area contributed by atoms with Gasteiger partial charge in [0.15, 0.2) is 0 Å². The number of aryl methyl sites for hydroxylation is 5. The lowest BCUT2D eigenvalue weighted by Crippen LogP contribution is -2.26. The Morgan fingerprint density at radius 3 is 2.18 bits per heavy atom. The molecule has 1 aliphatic carbocycles. The van der Waals surface area contributed by atoms with Gasteiger partial charge in [0.25, 0.3) is 0 Å². The van der Waals surface area contributed by atoms with Crippen molar-refractivity contribution in [2.24, 2.45) is 0 Å². The van der Waals surface area contributed by atoms with Crippen LogP contribution in [0.1, 0.15) is 34.2 Å². The number of carbonyl (C=O) groups excluding carboxylic acids is 2. The average Bonchev–Trinajstić information content (AvgIpc) is 3.05. The fraction of sp³-hybridized carbons (Fsp3) is 0.364. The van der Waals surface area contributed by atoms with Crippen LogP contribution in [0.3, 0.4) is 0 Å². The fourth-order valence-electron chi connectivity index (χ4n) is 3.74. The van der Waals surface area contributed by atoms with Crippen molar-refractivity contribution in [2.45, 2.75) is 40.0 Å². The van der Waals surface area contributed by atoms with Gasteiger partial charge in [0.1, 0.15) is 11.5 Å². The van der Waals surface area contributed by atoms with Crippen molar-refractivity contribution in [1.82, 2.24) is 0 Å². The molecule has 0 aliphatic heterocycles. The van der Waals surface area contributed by atoms with Crippen LogP contribution in [-0.2, 0) is 33.2 Å². The Hall–Kier alpha value is -2.47. The summed E-state index contributed by atoms with van der Waals surface area (Å²) in [6.45, 7) is 5.85. The summed E-state index contributed by atoms with van der Waals surface area (Å²) in [5.74, 6) is -1.09. The minimum Gasteiger partial charge on any atom is -0.325 e. The zero-order valence-electron chi connectivity index (χ0n) is 16.6. The molecule has 0 heterocycles. The highest BCUT2D eigenvalue weighted by molar-refractivity contribution is 7.86. The number of anilines is 2. The van der Waals surface area contributed by atoms with Crippen LogP contribution in [0.25, 0.3) is 0 Å². The second kappa shape index (κ2) is 8.69. The number of fused-ring (bicyclic) bond motifs is 1. The molecule has 2 aromatic carbocycles. The second-order valence-electron chi connectivity index (χ2n) is 7.44. The standard InChI is InChI=1S/C22H26N2O3S/c1-14-9-15(2)22(16(3)10-14)24-21(26)13-28(27)12-20(25)23-19-8-7-17-5-4-6-18(17)11-19/h7-11H,4-6,12-13H2,1-3H3,(H,23,25)(H,24,26). The first-order valence-corrected chi connectivity index (χ1v) is 10.9. The summed E-state index contributed by atoms with van der Waals surface area (Å²) in [5.41, 5.74) is 7.12. The molecule has 0 aromatic heterocycles. The number of benzene rings is 2. The summed E-state index contributed by atoms with van der Waals surface area (Å²) in [4.78, 5) is 24.4. The van der Waals surface area contributed by atoms with Crippen LogP contribution in [0.4, 0.5) is 11.4 Å². The number of hydrogen-bond donors (Lipinski definition) is 2. The monoisotopic (exact) mass is 398 g/mol. The summed E-state index contributed by atoms with van der Waals surface area (Å²) in [7, 11) is -1.57. The molecule has 148 valence electrons. The van der Waals surface area contributed by atoms with E-state index in [1.54, 1.807) is 0 Å². The smallest absolute Gasteiger partial charge is 0.237 e. The Labute approximate surface area is 168 Å². The first-order valence-electron chi connectivity index (χ1n) is 9.46. The summed E-state index contributed by atoms with van der Waals surface area (Å²) < 4.78 is 12.2. The molecule has 2 amide bonds. The maximum atomic E-state index is 12.2. The molecule has 0 saturated carbocycles. The van der Waals surface area contributed by atoms with Crippen molar-refractivity contribution in [1.29, 1.82) is 0 Å². The molecule has 3 rings (SSSR count). The minimum absolute atomic E-state index is 0.198. The molecule has 0 saturated heterocycles. The molecular weight excluding hydrogens is 372 g/mol. The number of rotatable bonds is 6. The highest BCUT2D eigenvalue weighted by atomic mass is 32.2. The number of hydrogen-bond acceptors (Lipinski definition) is 3. The van der Waals surface area contributed by atoms with Crippen LogP contribution in [0.2, 0.25) is 0 Å². The van der Waals surface area contributed by atoms with Crippen molar-refractivity contribution in [3.63, 3.8) is 0 Å². The van der Waals surface area contributed by atoms with Gasteiger partial charge in [0.05, 0.1) is 0 Å². The van der Waals surface area contributed by atoms with Crippen molar-refractivity contribution >= 4 is 34.0 Å². The van der Waals surface area contributed by atoms with Crippen molar-refractivity contribution in [3.8, 4) is 0 Å². The van der Waals surface area contributed by atoms with Gasteiger partial charge in [-0.3, -0.25) is 13.8 Å². The van der Waals surface area contributed by atoms with Crippen LogP contribution in [0.15, 0.2) is 30.3 Å². The molecule has 5 nitrogen and oxygen atoms in total. The van der Waals surface area contributed by atoms with Gasteiger partial charge in [-0.25, -0.2) is 0 Å². The third-order valence-corrected chi connectivity index (χ3v) is 6.08. The number of amides is 2. The Morgan fingerprint density at radius 1 is 0.893 bits per heavy atom. The Kier molecular flexibility index (Phi) is 6.29. The van der Waals surface area contributed by atoms with E-state index >= 15 is 0 Å². The third-order valence-electron chi connectivity index (χ3n) is 4.91. The van der Waals surface area contributed by atoms with Gasteiger partial charge in [0, 0.05) is 22.2 Å². The van der Waals surface area contributed by atoms with Crippen LogP contribution in [0, 0.1) is 20.8 Å². The third kappa shape index (κ3) is 5.07. The van der Waals surface area contributed by atoms with Gasteiger partial charge in [0.2, 0.25) is 11.8 Å². The van der Waals surface area contributed by atoms with E-state index in [1.165, 1.54) is 11.1 Å². The van der Waals surface area contributed by atoms with E-state index in [0.717, 1.165) is 47.3 Å². The average molecular weight is 399 g/mol. The maximum Gasteiger partial charge on any atom is 0.237 e. The molecule has 0 bridgehead atoms. The SMILES string of the molecule is Cc1cc(C)c(NC(=O)CS(=O)CC(=O)Nc2ccc3c(c2)CCC3)c(C)c1. The molecule has 2 N–H and O–H groups in total. The normalized spacial score (nSPS) is 13.7. The van der Waals surface area contributed by atoms with E-state index in [1.807, 2.05) is 51.1 Å². The zero-order valence-corrected chi connectivity index (χ0v) is 17.4. The molecule has 2 aromatic rings. The molecule has 1 aliphatic rings. The predicted octanol–water partition coefficient (Wildman–Crippen LogP) is 3.43. The molecule has 6 heteroatoms. The maximum absolute atomic E-state index is 12.2. The summed E-state index contributed by atoms with van der Waals surface area (Å²) in [6.07, 6.45) is 3.26.